The summed E-state index contributed by atoms with van der Waals surface area (Å²) in [7, 11) is 0. The van der Waals surface area contributed by atoms with Crippen molar-refractivity contribution in [1.29, 1.82) is 5.41 Å². The number of primary amides is 1. The van der Waals surface area contributed by atoms with Gasteiger partial charge in [-0.1, -0.05) is 12.2 Å². The molecule has 1 heterocycles. The molecule has 0 bridgehead atoms. The summed E-state index contributed by atoms with van der Waals surface area (Å²) >= 11 is 0. The number of rotatable bonds is 6. The second kappa shape index (κ2) is 9.72. The monoisotopic (exact) mass is 429 g/mol. The van der Waals surface area contributed by atoms with Gasteiger partial charge in [0.1, 0.15) is 0 Å². The van der Waals surface area contributed by atoms with E-state index in [1.807, 2.05) is 0 Å². The number of fused-ring (bicyclic) bond motifs is 1. The molecule has 5 atom stereocenters. The maximum Gasteiger partial charge on any atom is 0.237 e. The fraction of sp³-hybridized carbons (Fsp3) is 0.792. The summed E-state index contributed by atoms with van der Waals surface area (Å²) in [6.45, 7) is 0.903. The minimum atomic E-state index is -0.171. The topological polar surface area (TPSA) is 125 Å². The maximum absolute atomic E-state index is 13.4. The van der Waals surface area contributed by atoms with Crippen molar-refractivity contribution in [1.82, 2.24) is 10.2 Å². The largest absolute Gasteiger partial charge is 0.387 e. The smallest absolute Gasteiger partial charge is 0.237 e. The van der Waals surface area contributed by atoms with Crippen molar-refractivity contribution >= 4 is 17.6 Å². The number of allylic oxidation sites excluding steroid dienone is 1. The van der Waals surface area contributed by atoms with Crippen LogP contribution in [0.1, 0.15) is 70.6 Å². The lowest BCUT2D eigenvalue weighted by Crippen LogP contribution is -2.51. The van der Waals surface area contributed by atoms with E-state index in [-0.39, 0.29) is 35.7 Å². The van der Waals surface area contributed by atoms with Gasteiger partial charge in [0.15, 0.2) is 0 Å². The fourth-order valence-corrected chi connectivity index (χ4v) is 6.50. The van der Waals surface area contributed by atoms with Crippen molar-refractivity contribution in [3.05, 3.63) is 12.2 Å². The lowest BCUT2D eigenvalue weighted by atomic mass is 9.77. The second-order valence-electron chi connectivity index (χ2n) is 10.4. The molecule has 0 aromatic heterocycles. The Kier molecular flexibility index (Phi) is 6.99. The zero-order valence-corrected chi connectivity index (χ0v) is 18.6. The van der Waals surface area contributed by atoms with Crippen molar-refractivity contribution in [3.8, 4) is 0 Å². The Hall–Kier alpha value is -1.89. The van der Waals surface area contributed by atoms with Gasteiger partial charge in [0.25, 0.3) is 0 Å². The Morgan fingerprint density at radius 1 is 0.968 bits per heavy atom. The van der Waals surface area contributed by atoms with E-state index in [0.717, 1.165) is 77.2 Å². The second-order valence-corrected chi connectivity index (χ2v) is 10.4. The van der Waals surface area contributed by atoms with Crippen LogP contribution in [0.2, 0.25) is 0 Å². The van der Waals surface area contributed by atoms with Crippen molar-refractivity contribution in [2.75, 3.05) is 6.54 Å². The molecular weight excluding hydrogens is 390 g/mol. The van der Waals surface area contributed by atoms with Crippen LogP contribution in [0.4, 0.5) is 0 Å². The maximum atomic E-state index is 13.4. The highest BCUT2D eigenvalue weighted by molar-refractivity contribution is 5.83. The Labute approximate surface area is 185 Å². The highest BCUT2D eigenvalue weighted by Crippen LogP contribution is 2.43. The van der Waals surface area contributed by atoms with E-state index in [1.54, 1.807) is 0 Å². The Morgan fingerprint density at radius 2 is 1.71 bits per heavy atom. The molecule has 3 fully saturated rings. The molecule has 0 spiro atoms. The number of amidine groups is 1. The van der Waals surface area contributed by atoms with Gasteiger partial charge >= 0.3 is 0 Å². The Balaban J connectivity index is 1.45. The van der Waals surface area contributed by atoms with Gasteiger partial charge in [-0.05, 0) is 82.5 Å². The molecule has 7 nitrogen and oxygen atoms in total. The number of nitrogens with one attached hydrogen (secondary N) is 2. The first-order valence-corrected chi connectivity index (χ1v) is 12.3. The number of amides is 2. The molecule has 2 amide bonds. The number of hydrogen-bond donors (Lipinski definition) is 4. The third-order valence-electron chi connectivity index (χ3n) is 8.38. The molecule has 3 aliphatic carbocycles. The summed E-state index contributed by atoms with van der Waals surface area (Å²) < 4.78 is 0. The van der Waals surface area contributed by atoms with Crippen LogP contribution in [-0.4, -0.2) is 47.2 Å². The number of nitrogens with zero attached hydrogens (tertiary/aromatic N) is 1. The zero-order chi connectivity index (χ0) is 22.0. The molecule has 172 valence electrons. The van der Waals surface area contributed by atoms with E-state index < -0.39 is 0 Å². The molecule has 7 heteroatoms. The number of carbonyl (C=O) groups is 2. The van der Waals surface area contributed by atoms with E-state index >= 15 is 0 Å². The Bertz CT molecular complexity index is 715. The molecule has 1 aliphatic heterocycles. The van der Waals surface area contributed by atoms with Crippen LogP contribution in [0.25, 0.3) is 0 Å². The van der Waals surface area contributed by atoms with Gasteiger partial charge in [0.2, 0.25) is 11.8 Å². The van der Waals surface area contributed by atoms with Gasteiger partial charge in [0.05, 0.1) is 11.9 Å². The van der Waals surface area contributed by atoms with E-state index in [9.17, 15) is 9.59 Å². The Morgan fingerprint density at radius 3 is 2.35 bits per heavy atom. The summed E-state index contributed by atoms with van der Waals surface area (Å²) in [6, 6.07) is 0.497. The third-order valence-corrected chi connectivity index (χ3v) is 8.38. The molecule has 4 aliphatic rings. The van der Waals surface area contributed by atoms with Gasteiger partial charge in [-0.2, -0.15) is 0 Å². The number of likely N-dealkylation sites (tertiary alicyclic amines) is 1. The van der Waals surface area contributed by atoms with Gasteiger partial charge in [-0.3, -0.25) is 19.9 Å². The van der Waals surface area contributed by atoms with E-state index in [1.165, 1.54) is 0 Å². The molecule has 1 saturated heterocycles. The SMILES string of the molecule is N=C(N)C1CCC2CC(C(=O)N[C@@H]3CC=CCC3)N(CC3CCC(C(N)=O)CC3)C2C1. The molecule has 2 saturated carbocycles. The predicted octanol–water partition coefficient (Wildman–Crippen LogP) is 2.30. The first-order chi connectivity index (χ1) is 14.9. The fourth-order valence-electron chi connectivity index (χ4n) is 6.50. The predicted molar refractivity (Wildman–Crippen MR) is 121 cm³/mol. The van der Waals surface area contributed by atoms with Gasteiger partial charge in [-0.15, -0.1) is 0 Å². The standard InChI is InChI=1S/C24H39N5O2/c25-22(26)18-11-10-17-12-21(24(31)28-19-4-2-1-3-5-19)29(20(17)13-18)14-15-6-8-16(9-7-15)23(27)30/h1-2,15-21H,3-14H2,(H3,25,26)(H2,27,30)(H,28,31)/t15?,16?,17?,18?,19-,20?,21?/m1/s1. The van der Waals surface area contributed by atoms with Crippen molar-refractivity contribution in [2.24, 2.45) is 35.1 Å². The van der Waals surface area contributed by atoms with Crippen molar-refractivity contribution in [3.63, 3.8) is 0 Å². The summed E-state index contributed by atoms with van der Waals surface area (Å²) in [6.07, 6.45) is 14.9. The van der Waals surface area contributed by atoms with Crippen molar-refractivity contribution in [2.45, 2.75) is 88.8 Å². The first-order valence-electron chi connectivity index (χ1n) is 12.3. The number of nitrogens with two attached hydrogens (primary N) is 2. The average Bonchev–Trinajstić information content (AvgIpc) is 3.12. The van der Waals surface area contributed by atoms with Crippen LogP contribution < -0.4 is 16.8 Å². The van der Waals surface area contributed by atoms with Crippen LogP contribution in [0.5, 0.6) is 0 Å². The number of hydrogen-bond acceptors (Lipinski definition) is 4. The van der Waals surface area contributed by atoms with Crippen LogP contribution in [0, 0.1) is 29.1 Å². The third kappa shape index (κ3) is 5.13. The first kappa shape index (κ1) is 22.3. The lowest BCUT2D eigenvalue weighted by Gasteiger charge is -2.39. The number of carbonyl (C=O) groups excluding carboxylic acids is 2. The molecular formula is C24H39N5O2. The molecule has 6 N–H and O–H groups in total. The molecule has 4 unspecified atom stereocenters. The molecule has 0 radical (unpaired) electrons. The van der Waals surface area contributed by atoms with Crippen LogP contribution in [0.3, 0.4) is 0 Å². The molecule has 4 rings (SSSR count). The van der Waals surface area contributed by atoms with E-state index in [4.69, 9.17) is 16.9 Å². The van der Waals surface area contributed by atoms with Crippen LogP contribution in [-0.2, 0) is 9.59 Å². The quantitative estimate of drug-likeness (QED) is 0.294. The van der Waals surface area contributed by atoms with Gasteiger partial charge < -0.3 is 16.8 Å². The summed E-state index contributed by atoms with van der Waals surface area (Å²) in [5.41, 5.74) is 11.4. The normalized spacial score (nSPS) is 38.4. The molecule has 0 aromatic carbocycles. The highest BCUT2D eigenvalue weighted by Gasteiger charge is 2.48. The summed E-state index contributed by atoms with van der Waals surface area (Å²) in [5, 5.41) is 11.3. The zero-order valence-electron chi connectivity index (χ0n) is 18.6. The van der Waals surface area contributed by atoms with Crippen LogP contribution >= 0.6 is 0 Å². The van der Waals surface area contributed by atoms with Gasteiger partial charge in [-0.25, -0.2) is 0 Å². The summed E-state index contributed by atoms with van der Waals surface area (Å²) in [5.74, 6) is 1.47. The lowest BCUT2D eigenvalue weighted by molar-refractivity contribution is -0.127. The molecule has 0 aromatic rings. The minimum Gasteiger partial charge on any atom is -0.387 e. The highest BCUT2D eigenvalue weighted by atomic mass is 16.2. The van der Waals surface area contributed by atoms with E-state index in [0.29, 0.717) is 23.7 Å². The molecule has 31 heavy (non-hydrogen) atoms. The average molecular weight is 430 g/mol. The van der Waals surface area contributed by atoms with Gasteiger partial charge in [0, 0.05) is 30.5 Å². The van der Waals surface area contributed by atoms with Crippen LogP contribution in [0.15, 0.2) is 12.2 Å². The minimum absolute atomic E-state index is 0.0119. The summed E-state index contributed by atoms with van der Waals surface area (Å²) in [4.78, 5) is 27.4. The van der Waals surface area contributed by atoms with E-state index in [2.05, 4.69) is 22.4 Å². The van der Waals surface area contributed by atoms with Crippen molar-refractivity contribution < 1.29 is 9.59 Å².